The standard InChI is InChI=1S/C21H23ClFN3O.C18H23NO.C17H21NO3.C16H19ClN2.C10H9ClN4S.2C10H12ClNO2/c1-3-25(4-2)11-12-26-19-10-9-15(22)13-17(19)21(24-14-20(26)27)16-7-5-6-8-18(16)23;1-18(20-15-14-19(2)3,16-10-6-4-7-11-16)17-12-8-5-9-13-17;1-12(17(21)14-4-8-16(20)9-5-14)18-11-10-13-2-6-15(19)7-3-13;1-19(2)12-10-15(16-5-3-4-11-18-16)13-6-8-14(17)9-7-13;11-7-1-2-8-10(15-16-14-8)6(7)5-9-12-3-4-13-9;2*11-9-3-1-7(2-4-9)8(6-12)5-10(13)14/h5-10,13H,3-4,11-12,14H2,1-2H3;4-13H,14-15H2,1-3H3;2-9,12,17-21H,10-11H2,1H3;3-9,11,15H,10,12H2,1-2H3;1-2H,3-5H2,(H,12,13);2*1-4,8H,5-6,12H2,(H,13,14)/t;;12-,17-;;;8-;/m..1..1./s1. The van der Waals surface area contributed by atoms with Crippen LogP contribution in [0.25, 0.3) is 11.0 Å². The zero-order valence-electron chi connectivity index (χ0n) is 75.2. The lowest BCUT2D eigenvalue weighted by molar-refractivity contribution is -0.138. The number of pyridine rings is 1. The van der Waals surface area contributed by atoms with E-state index >= 15 is 0 Å². The molecule has 29 heteroatoms. The summed E-state index contributed by atoms with van der Waals surface area (Å²) in [5, 5.41) is 55.8. The fourth-order valence-corrected chi connectivity index (χ4v) is 15.6. The van der Waals surface area contributed by atoms with Crippen LogP contribution in [0.1, 0.15) is 132 Å². The van der Waals surface area contributed by atoms with Crippen molar-refractivity contribution in [2.24, 2.45) is 21.5 Å². The Morgan fingerprint density at radius 1 is 0.618 bits per heavy atom. The van der Waals surface area contributed by atoms with Gasteiger partial charge in [-0.3, -0.25) is 29.4 Å². The summed E-state index contributed by atoms with van der Waals surface area (Å²) < 4.78 is 29.2. The minimum absolute atomic E-state index is 0.0196. The highest BCUT2D eigenvalue weighted by Gasteiger charge is 2.31. The molecule has 14 rings (SSSR count). The number of hydrogen-bond donors (Lipinski definition) is 9. The third-order valence-electron chi connectivity index (χ3n) is 21.8. The molecule has 1 amide bonds. The topological polar surface area (TPSA) is 314 Å². The lowest BCUT2D eigenvalue weighted by Crippen LogP contribution is -2.39. The van der Waals surface area contributed by atoms with Crippen LogP contribution in [-0.2, 0) is 37.6 Å². The van der Waals surface area contributed by atoms with Crippen LogP contribution in [0.2, 0.25) is 25.1 Å². The summed E-state index contributed by atoms with van der Waals surface area (Å²) in [5.74, 6) is -0.645. The normalized spacial score (nSPS) is 13.3. The van der Waals surface area contributed by atoms with Gasteiger partial charge in [-0.2, -0.15) is 8.75 Å². The Balaban J connectivity index is 0.000000191. The fraction of sp³-hybridized carbons (Fsp3) is 0.314. The largest absolute Gasteiger partial charge is 0.508 e. The maximum absolute atomic E-state index is 14.4. The van der Waals surface area contributed by atoms with Gasteiger partial charge < -0.3 is 72.0 Å². The molecule has 0 saturated carbocycles. The summed E-state index contributed by atoms with van der Waals surface area (Å²) in [6.45, 7) is 17.2. The molecule has 10 aromatic carbocycles. The minimum Gasteiger partial charge on any atom is -0.508 e. The number of ether oxygens (including phenoxy) is 1. The van der Waals surface area contributed by atoms with Crippen molar-refractivity contribution in [2.45, 2.75) is 95.3 Å². The van der Waals surface area contributed by atoms with Crippen molar-refractivity contribution in [1.29, 1.82) is 0 Å². The predicted molar refractivity (Wildman–Crippen MR) is 533 cm³/mol. The van der Waals surface area contributed by atoms with Crippen molar-refractivity contribution in [3.05, 3.63) is 353 Å². The molecule has 22 nitrogen and oxygen atoms in total. The van der Waals surface area contributed by atoms with Crippen LogP contribution in [0.4, 0.5) is 10.1 Å². The van der Waals surface area contributed by atoms with E-state index in [0.717, 1.165) is 131 Å². The van der Waals surface area contributed by atoms with E-state index < -0.39 is 23.6 Å². The molecule has 5 atom stereocenters. The van der Waals surface area contributed by atoms with Gasteiger partial charge in [0.2, 0.25) is 5.91 Å². The molecule has 2 unspecified atom stereocenters. The summed E-state index contributed by atoms with van der Waals surface area (Å²) in [4.78, 5) is 55.5. The monoisotopic (exact) mass is 1900 g/mol. The number of phenols is 2. The maximum Gasteiger partial charge on any atom is 0.304 e. The first-order valence-electron chi connectivity index (χ1n) is 43.3. The van der Waals surface area contributed by atoms with Crippen LogP contribution in [0, 0.1) is 5.82 Å². The van der Waals surface area contributed by atoms with Gasteiger partial charge >= 0.3 is 11.9 Å². The molecule has 0 radical (unpaired) electrons. The van der Waals surface area contributed by atoms with Gasteiger partial charge in [0.25, 0.3) is 0 Å². The van der Waals surface area contributed by atoms with Gasteiger partial charge in [-0.1, -0.05) is 211 Å². The number of benzodiazepines with no additional fused rings is 1. The molecule has 694 valence electrons. The van der Waals surface area contributed by atoms with Gasteiger partial charge in [0.1, 0.15) is 46.3 Å². The smallest absolute Gasteiger partial charge is 0.304 e. The molecule has 4 heterocycles. The zero-order chi connectivity index (χ0) is 94.8. The number of halogens is 6. The number of fused-ring (bicyclic) bond motifs is 2. The molecule has 11 N–H and O–H groups in total. The van der Waals surface area contributed by atoms with Crippen LogP contribution in [0.3, 0.4) is 0 Å². The Kier molecular flexibility index (Phi) is 44.9. The van der Waals surface area contributed by atoms with Crippen LogP contribution in [0.5, 0.6) is 11.5 Å². The maximum atomic E-state index is 14.4. The van der Waals surface area contributed by atoms with Gasteiger partial charge in [0, 0.05) is 110 Å². The summed E-state index contributed by atoms with van der Waals surface area (Å²) in [7, 11) is 8.31. The molecular weight excluding hydrogens is 1780 g/mol. The van der Waals surface area contributed by atoms with Crippen LogP contribution in [0.15, 0.2) is 271 Å². The Morgan fingerprint density at radius 2 is 1.15 bits per heavy atom. The number of nitrogens with one attached hydrogen (secondary N) is 2. The van der Waals surface area contributed by atoms with E-state index in [1.165, 1.54) is 34.5 Å². The van der Waals surface area contributed by atoms with Crippen molar-refractivity contribution in [3.8, 4) is 11.5 Å². The lowest BCUT2D eigenvalue weighted by atomic mass is 9.88. The summed E-state index contributed by atoms with van der Waals surface area (Å²) in [5.41, 5.74) is 24.1. The van der Waals surface area contributed by atoms with Crippen molar-refractivity contribution in [2.75, 3.05) is 118 Å². The Bertz CT molecular complexity index is 5380. The number of aliphatic hydroxyl groups excluding tert-OH is 1. The third kappa shape index (κ3) is 34.8. The minimum atomic E-state index is -0.838. The summed E-state index contributed by atoms with van der Waals surface area (Å²) >= 11 is 31.0. The van der Waals surface area contributed by atoms with Crippen LogP contribution < -0.4 is 27.0 Å². The average Bonchev–Trinajstić information content (AvgIpc) is 1.50. The summed E-state index contributed by atoms with van der Waals surface area (Å²) in [6.07, 6.45) is 3.93. The molecule has 12 aromatic rings. The Labute approximate surface area is 798 Å². The number of aromatic nitrogens is 3. The molecular formula is C102H119Cl5FN13O9S. The number of aliphatic carboxylic acids is 2. The molecule has 0 saturated heterocycles. The number of phenolic OH excluding ortho intramolecular Hbond substituents is 2. The highest BCUT2D eigenvalue weighted by atomic mass is 35.5. The number of nitrogens with two attached hydrogens (primary N) is 2. The van der Waals surface area contributed by atoms with E-state index in [-0.39, 0.29) is 60.5 Å². The molecule has 0 fully saturated rings. The molecule has 0 aliphatic carbocycles. The quantitative estimate of drug-likeness (QED) is 0.0185. The number of rotatable bonds is 33. The Hall–Kier alpha value is -10.6. The number of carboxylic acid groups (broad SMARTS) is 2. The molecule has 131 heavy (non-hydrogen) atoms. The molecule has 0 bridgehead atoms. The highest BCUT2D eigenvalue weighted by Crippen LogP contribution is 2.36. The van der Waals surface area contributed by atoms with E-state index in [2.05, 4.69) is 165 Å². The number of hydrogen-bond acceptors (Lipinski definition) is 20. The summed E-state index contributed by atoms with van der Waals surface area (Å²) in [6, 6.07) is 78.4. The number of carbonyl (C=O) groups is 3. The molecule has 2 aromatic heterocycles. The second kappa shape index (κ2) is 55.7. The number of amides is 1. The van der Waals surface area contributed by atoms with Gasteiger partial charge in [0.05, 0.1) is 55.2 Å². The van der Waals surface area contributed by atoms with Crippen molar-refractivity contribution < 1.29 is 49.0 Å². The number of likely N-dealkylation sites (N-methyl/N-ethyl adjacent to an activating group) is 2. The number of amidine groups is 1. The highest BCUT2D eigenvalue weighted by molar-refractivity contribution is 7.00. The molecule has 0 spiro atoms. The predicted octanol–water partition coefficient (Wildman–Crippen LogP) is 19.3. The first-order valence-corrected chi connectivity index (χ1v) is 46.0. The van der Waals surface area contributed by atoms with Gasteiger partial charge in [-0.15, -0.1) is 0 Å². The molecule has 2 aliphatic heterocycles. The fourth-order valence-electron chi connectivity index (χ4n) is 14.2. The number of anilines is 1. The average molecular weight is 1900 g/mol. The number of aliphatic hydroxyl groups is 1. The van der Waals surface area contributed by atoms with E-state index in [4.69, 9.17) is 84.4 Å². The second-order valence-electron chi connectivity index (χ2n) is 31.7. The number of benzene rings is 10. The van der Waals surface area contributed by atoms with E-state index in [1.54, 1.807) is 95.9 Å². The molecule has 2 aliphatic rings. The van der Waals surface area contributed by atoms with E-state index in [1.807, 2.05) is 104 Å². The van der Waals surface area contributed by atoms with Crippen molar-refractivity contribution >= 4 is 116 Å². The first-order chi connectivity index (χ1) is 63.0. The van der Waals surface area contributed by atoms with E-state index in [9.17, 15) is 34.1 Å². The lowest BCUT2D eigenvalue weighted by Gasteiger charge is -2.31. The van der Waals surface area contributed by atoms with E-state index in [0.29, 0.717) is 70.5 Å². The SMILES string of the molecule is CCN(CC)CCN1C(=O)CN=C(c2ccccc2F)c2cc(Cl)ccc21.CN(C)CCC(c1ccc(Cl)cc1)c1ccccn1.CN(C)CCOC(C)(c1ccccc1)c1ccccc1.C[C@@H](NCCc1ccc(O)cc1)[C@@H](O)c1ccc(O)cc1.Clc1ccc2nsnc2c1CC1=NCCN1.NCC(CC(=O)O)c1ccc(Cl)cc1.NC[C@@H](CC(=O)O)c1ccc(Cl)cc1. The number of carbonyl (C=O) groups excluding carboxylic acids is 1. The van der Waals surface area contributed by atoms with Crippen LogP contribution in [-0.4, -0.2) is 203 Å². The number of aromatic hydroxyl groups is 2. The van der Waals surface area contributed by atoms with Gasteiger partial charge in [0.15, 0.2) is 0 Å². The Morgan fingerprint density at radius 3 is 1.66 bits per heavy atom. The van der Waals surface area contributed by atoms with Crippen molar-refractivity contribution in [1.82, 2.24) is 39.1 Å². The van der Waals surface area contributed by atoms with Crippen molar-refractivity contribution in [3.63, 3.8) is 0 Å². The number of carboxylic acids is 2. The van der Waals surface area contributed by atoms with Crippen LogP contribution >= 0.6 is 69.7 Å². The number of nitrogens with zero attached hydrogens (tertiary/aromatic N) is 9. The number of aliphatic imine (C=N–C) groups is 2. The van der Waals surface area contributed by atoms with Gasteiger partial charge in [-0.25, -0.2) is 4.39 Å². The zero-order valence-corrected chi connectivity index (χ0v) is 79.8. The first kappa shape index (κ1) is 106. The third-order valence-corrected chi connectivity index (χ3v) is 23.7. The van der Waals surface area contributed by atoms with Gasteiger partial charge in [-0.05, 0) is 248 Å². The second-order valence-corrected chi connectivity index (χ2v) is 34.4.